The summed E-state index contributed by atoms with van der Waals surface area (Å²) in [4.78, 5) is 41.3. The first-order chi connectivity index (χ1) is 14.0. The molecule has 0 aliphatic rings. The van der Waals surface area contributed by atoms with Crippen molar-refractivity contribution in [2.75, 3.05) is 4.90 Å². The molecular weight excluding hydrogens is 394 g/mol. The van der Waals surface area contributed by atoms with Crippen molar-refractivity contribution in [2.45, 2.75) is 13.5 Å². The molecule has 9 nitrogen and oxygen atoms in total. The number of para-hydroxylation sites is 1. The SMILES string of the molecule is CC(=O)N(c1ccccc1)c1nc(/C=N\NC(=O)C(=O)NCc2ccco2)cs1. The predicted octanol–water partition coefficient (Wildman–Crippen LogP) is 2.19. The number of thiazole rings is 1. The molecule has 3 rings (SSSR count). The minimum Gasteiger partial charge on any atom is -0.467 e. The molecule has 2 aromatic heterocycles. The van der Waals surface area contributed by atoms with E-state index in [1.165, 1.54) is 35.6 Å². The summed E-state index contributed by atoms with van der Waals surface area (Å²) in [5.41, 5.74) is 3.25. The molecule has 0 aliphatic heterocycles. The quantitative estimate of drug-likeness (QED) is 0.366. The highest BCUT2D eigenvalue weighted by atomic mass is 32.1. The van der Waals surface area contributed by atoms with Crippen molar-refractivity contribution in [2.24, 2.45) is 5.10 Å². The van der Waals surface area contributed by atoms with Gasteiger partial charge in [-0.2, -0.15) is 5.10 Å². The molecule has 2 heterocycles. The summed E-state index contributed by atoms with van der Waals surface area (Å²) >= 11 is 1.25. The number of anilines is 2. The molecule has 10 heteroatoms. The van der Waals surface area contributed by atoms with Gasteiger partial charge in [0.05, 0.1) is 30.4 Å². The van der Waals surface area contributed by atoms with Crippen LogP contribution < -0.4 is 15.6 Å². The largest absolute Gasteiger partial charge is 0.467 e. The highest BCUT2D eigenvalue weighted by Crippen LogP contribution is 2.28. The second kappa shape index (κ2) is 9.42. The molecule has 0 saturated heterocycles. The minimum absolute atomic E-state index is 0.0960. The molecule has 3 aromatic rings. The first-order valence-electron chi connectivity index (χ1n) is 8.49. The van der Waals surface area contributed by atoms with Crippen molar-refractivity contribution in [3.63, 3.8) is 0 Å². The summed E-state index contributed by atoms with van der Waals surface area (Å²) in [6.45, 7) is 1.54. The van der Waals surface area contributed by atoms with Crippen molar-refractivity contribution in [3.8, 4) is 0 Å². The molecule has 0 fully saturated rings. The molecule has 0 saturated carbocycles. The second-order valence-corrected chi connectivity index (χ2v) is 6.54. The van der Waals surface area contributed by atoms with Gasteiger partial charge in [-0.15, -0.1) is 11.3 Å². The van der Waals surface area contributed by atoms with Crippen LogP contribution in [-0.2, 0) is 20.9 Å². The van der Waals surface area contributed by atoms with Gasteiger partial charge in [-0.3, -0.25) is 19.3 Å². The van der Waals surface area contributed by atoms with E-state index >= 15 is 0 Å². The van der Waals surface area contributed by atoms with Crippen LogP contribution in [0.3, 0.4) is 0 Å². The number of benzene rings is 1. The third-order valence-corrected chi connectivity index (χ3v) is 4.45. The van der Waals surface area contributed by atoms with Crippen LogP contribution in [0.25, 0.3) is 0 Å². The van der Waals surface area contributed by atoms with E-state index in [4.69, 9.17) is 4.42 Å². The molecule has 2 N–H and O–H groups in total. The Morgan fingerprint density at radius 2 is 1.97 bits per heavy atom. The van der Waals surface area contributed by atoms with Crippen LogP contribution in [-0.4, -0.2) is 28.9 Å². The molecular formula is C19H17N5O4S. The lowest BCUT2D eigenvalue weighted by Gasteiger charge is -2.17. The number of hydrogen-bond donors (Lipinski definition) is 2. The maximum Gasteiger partial charge on any atom is 0.329 e. The number of hydrazone groups is 1. The second-order valence-electron chi connectivity index (χ2n) is 5.71. The van der Waals surface area contributed by atoms with Crippen LogP contribution in [0.1, 0.15) is 18.4 Å². The summed E-state index contributed by atoms with van der Waals surface area (Å²) < 4.78 is 5.06. The number of amides is 3. The molecule has 0 atom stereocenters. The Hall–Kier alpha value is -3.79. The fourth-order valence-electron chi connectivity index (χ4n) is 2.31. The van der Waals surface area contributed by atoms with E-state index in [-0.39, 0.29) is 12.5 Å². The highest BCUT2D eigenvalue weighted by molar-refractivity contribution is 7.14. The predicted molar refractivity (Wildman–Crippen MR) is 108 cm³/mol. The van der Waals surface area contributed by atoms with E-state index in [2.05, 4.69) is 20.8 Å². The number of nitrogens with zero attached hydrogens (tertiary/aromatic N) is 3. The number of nitrogens with one attached hydrogen (secondary N) is 2. The minimum atomic E-state index is -0.919. The van der Waals surface area contributed by atoms with Crippen LogP contribution in [0.15, 0.2) is 63.6 Å². The number of aromatic nitrogens is 1. The Labute approximate surface area is 170 Å². The third kappa shape index (κ3) is 5.36. The van der Waals surface area contributed by atoms with Gasteiger partial charge >= 0.3 is 11.8 Å². The van der Waals surface area contributed by atoms with Gasteiger partial charge in [0.2, 0.25) is 5.91 Å². The van der Waals surface area contributed by atoms with Gasteiger partial charge in [-0.1, -0.05) is 18.2 Å². The van der Waals surface area contributed by atoms with Crippen LogP contribution in [0, 0.1) is 0 Å². The van der Waals surface area contributed by atoms with Crippen molar-refractivity contribution < 1.29 is 18.8 Å². The van der Waals surface area contributed by atoms with Crippen molar-refractivity contribution in [1.29, 1.82) is 0 Å². The third-order valence-electron chi connectivity index (χ3n) is 3.60. The maximum absolute atomic E-state index is 12.0. The molecule has 148 valence electrons. The Morgan fingerprint density at radius 3 is 2.66 bits per heavy atom. The fourth-order valence-corrected chi connectivity index (χ4v) is 3.15. The van der Waals surface area contributed by atoms with Crippen molar-refractivity contribution >= 4 is 46.1 Å². The highest BCUT2D eigenvalue weighted by Gasteiger charge is 2.17. The fraction of sp³-hybridized carbons (Fsp3) is 0.105. The molecule has 1 aromatic carbocycles. The Balaban J connectivity index is 1.57. The number of carbonyl (C=O) groups is 3. The van der Waals surface area contributed by atoms with Gasteiger partial charge in [0.25, 0.3) is 0 Å². The lowest BCUT2D eigenvalue weighted by atomic mass is 10.3. The van der Waals surface area contributed by atoms with Gasteiger partial charge in [0.1, 0.15) is 5.76 Å². The van der Waals surface area contributed by atoms with E-state index < -0.39 is 11.8 Å². The van der Waals surface area contributed by atoms with Crippen LogP contribution in [0.5, 0.6) is 0 Å². The summed E-state index contributed by atoms with van der Waals surface area (Å²) in [6.07, 6.45) is 2.76. The molecule has 0 aliphatic carbocycles. The lowest BCUT2D eigenvalue weighted by molar-refractivity contribution is -0.139. The van der Waals surface area contributed by atoms with Crippen LogP contribution in [0.4, 0.5) is 10.8 Å². The van der Waals surface area contributed by atoms with E-state index in [1.807, 2.05) is 18.2 Å². The Bertz CT molecular complexity index is 1010. The monoisotopic (exact) mass is 411 g/mol. The Kier molecular flexibility index (Phi) is 6.48. The van der Waals surface area contributed by atoms with Gasteiger partial charge in [0.15, 0.2) is 5.13 Å². The summed E-state index contributed by atoms with van der Waals surface area (Å²) in [6, 6.07) is 12.5. The standard InChI is InChI=1S/C19H17N5O4S/c1-13(25)24(15-6-3-2-4-7-15)19-22-14(12-29-19)10-21-23-18(27)17(26)20-11-16-8-5-9-28-16/h2-10,12H,11H2,1H3,(H,20,26)(H,23,27)/b21-10-. The average Bonchev–Trinajstić information content (AvgIpc) is 3.39. The zero-order valence-electron chi connectivity index (χ0n) is 15.4. The molecule has 0 bridgehead atoms. The van der Waals surface area contributed by atoms with E-state index in [9.17, 15) is 14.4 Å². The maximum atomic E-state index is 12.0. The summed E-state index contributed by atoms with van der Waals surface area (Å²) in [5.74, 6) is -1.42. The Morgan fingerprint density at radius 1 is 1.17 bits per heavy atom. The van der Waals surface area contributed by atoms with Gasteiger partial charge in [0, 0.05) is 12.3 Å². The van der Waals surface area contributed by atoms with Crippen molar-refractivity contribution in [1.82, 2.24) is 15.7 Å². The van der Waals surface area contributed by atoms with Crippen LogP contribution in [0.2, 0.25) is 0 Å². The average molecular weight is 411 g/mol. The first-order valence-corrected chi connectivity index (χ1v) is 9.37. The summed E-state index contributed by atoms with van der Waals surface area (Å²) in [7, 11) is 0. The molecule has 29 heavy (non-hydrogen) atoms. The van der Waals surface area contributed by atoms with E-state index in [1.54, 1.807) is 29.6 Å². The molecule has 0 spiro atoms. The first kappa shape index (κ1) is 20.0. The zero-order chi connectivity index (χ0) is 20.6. The van der Waals surface area contributed by atoms with Gasteiger partial charge in [-0.05, 0) is 24.3 Å². The van der Waals surface area contributed by atoms with Crippen LogP contribution >= 0.6 is 11.3 Å². The lowest BCUT2D eigenvalue weighted by Crippen LogP contribution is -2.37. The normalized spacial score (nSPS) is 10.7. The number of furan rings is 1. The van der Waals surface area contributed by atoms with E-state index in [0.717, 1.165) is 0 Å². The molecule has 3 amide bonds. The zero-order valence-corrected chi connectivity index (χ0v) is 16.2. The molecule has 0 radical (unpaired) electrons. The number of hydrogen-bond acceptors (Lipinski definition) is 7. The van der Waals surface area contributed by atoms with Gasteiger partial charge < -0.3 is 9.73 Å². The van der Waals surface area contributed by atoms with Gasteiger partial charge in [-0.25, -0.2) is 10.4 Å². The number of carbonyl (C=O) groups excluding carboxylic acids is 3. The van der Waals surface area contributed by atoms with Crippen molar-refractivity contribution in [3.05, 3.63) is 65.6 Å². The van der Waals surface area contributed by atoms with E-state index in [0.29, 0.717) is 22.3 Å². The smallest absolute Gasteiger partial charge is 0.329 e. The number of rotatable bonds is 6. The summed E-state index contributed by atoms with van der Waals surface area (Å²) in [5, 5.41) is 8.28. The molecule has 0 unspecified atom stereocenters. The topological polar surface area (TPSA) is 117 Å².